The van der Waals surface area contributed by atoms with Gasteiger partial charge in [0.25, 0.3) is 5.91 Å². The van der Waals surface area contributed by atoms with E-state index in [2.05, 4.69) is 27.1 Å². The van der Waals surface area contributed by atoms with E-state index in [4.69, 9.17) is 21.6 Å². The van der Waals surface area contributed by atoms with Gasteiger partial charge in [-0.15, -0.1) is 6.42 Å². The summed E-state index contributed by atoms with van der Waals surface area (Å²) >= 11 is 0. The number of nitrogens with zero attached hydrogens (tertiary/aromatic N) is 1. The number of Topliss-reactive ketones (excluding diaryl/α,β-unsaturated/α-hetero) is 1. The number of ketones is 1. The molecule has 0 aliphatic carbocycles. The van der Waals surface area contributed by atoms with Crippen LogP contribution < -0.4 is 21.8 Å². The van der Waals surface area contributed by atoms with Crippen molar-refractivity contribution in [2.75, 3.05) is 25.6 Å². The number of terminal acetylenes is 1. The second kappa shape index (κ2) is 13.0. The molecule has 2 aliphatic rings. The van der Waals surface area contributed by atoms with Gasteiger partial charge in [-0.2, -0.15) is 5.10 Å². The summed E-state index contributed by atoms with van der Waals surface area (Å²) in [5, 5.41) is 9.90. The molecule has 11 heteroatoms. The number of carbonyl (C=O) groups excluding carboxylic acids is 4. The van der Waals surface area contributed by atoms with Crippen molar-refractivity contribution in [1.29, 1.82) is 0 Å². The molecular weight excluding hydrogens is 538 g/mol. The Morgan fingerprint density at radius 2 is 1.86 bits per heavy atom. The fraction of sp³-hybridized carbons (Fsp3) is 0.258. The zero-order valence-corrected chi connectivity index (χ0v) is 23.4. The number of hydrazone groups is 1. The molecule has 2 aliphatic heterocycles. The van der Waals surface area contributed by atoms with E-state index in [-0.39, 0.29) is 30.2 Å². The fourth-order valence-corrected chi connectivity index (χ4v) is 4.91. The summed E-state index contributed by atoms with van der Waals surface area (Å²) in [6.07, 6.45) is 6.05. The Balaban J connectivity index is 1.66. The predicted molar refractivity (Wildman–Crippen MR) is 156 cm³/mol. The molecule has 0 spiro atoms. The Bertz CT molecular complexity index is 1560. The second-order valence-electron chi connectivity index (χ2n) is 9.62. The Hall–Kier alpha value is -5.21. The fourth-order valence-electron chi connectivity index (χ4n) is 4.91. The molecule has 0 aromatic heterocycles. The number of nitrogens with one attached hydrogen (secondary N) is 3. The summed E-state index contributed by atoms with van der Waals surface area (Å²) in [6, 6.07) is 13.7. The van der Waals surface area contributed by atoms with Gasteiger partial charge in [0.15, 0.2) is 0 Å². The number of esters is 1. The second-order valence-corrected chi connectivity index (χ2v) is 9.62. The minimum atomic E-state index is -0.884. The summed E-state index contributed by atoms with van der Waals surface area (Å²) in [4.78, 5) is 51.1. The molecule has 4 rings (SSSR count). The van der Waals surface area contributed by atoms with Crippen LogP contribution in [0.5, 0.6) is 0 Å². The number of carbonyl (C=O) groups is 4. The Morgan fingerprint density at radius 3 is 2.52 bits per heavy atom. The average molecular weight is 570 g/mol. The lowest BCUT2D eigenvalue weighted by molar-refractivity contribution is -0.140. The standard InChI is InChI=1S/C31H31N5O6/c1-5-18-8-7-9-20(16-18)24-23(17(3)33-28(32)25(24)31(40)42-15-14-41-4)29(38)34-21-12-10-19(11-13-21)26-22(6-2)27(37)30(39)36-35-26/h1,7-13,16,22,24,33H,6,14-15,32H2,2-4H3,(H,34,38)(H,36,39). The first-order valence-corrected chi connectivity index (χ1v) is 13.2. The van der Waals surface area contributed by atoms with E-state index in [0.29, 0.717) is 40.2 Å². The number of dihydropyridines is 1. The molecular formula is C31H31N5O6. The summed E-state index contributed by atoms with van der Waals surface area (Å²) < 4.78 is 10.4. The van der Waals surface area contributed by atoms with Crippen molar-refractivity contribution in [3.8, 4) is 12.3 Å². The van der Waals surface area contributed by atoms with Gasteiger partial charge in [-0.1, -0.05) is 37.1 Å². The first-order valence-electron chi connectivity index (χ1n) is 13.2. The third-order valence-corrected chi connectivity index (χ3v) is 6.96. The lowest BCUT2D eigenvalue weighted by Gasteiger charge is -2.30. The molecule has 11 nitrogen and oxygen atoms in total. The van der Waals surface area contributed by atoms with Crippen LogP contribution in [-0.4, -0.2) is 49.6 Å². The molecule has 0 radical (unpaired) electrons. The van der Waals surface area contributed by atoms with Gasteiger partial charge >= 0.3 is 11.9 Å². The lowest BCUT2D eigenvalue weighted by atomic mass is 9.80. The number of amides is 2. The van der Waals surface area contributed by atoms with Crippen molar-refractivity contribution in [2.45, 2.75) is 26.2 Å². The smallest absolute Gasteiger partial charge is 0.338 e. The topological polar surface area (TPSA) is 161 Å². The Morgan fingerprint density at radius 1 is 1.12 bits per heavy atom. The van der Waals surface area contributed by atoms with Crippen LogP contribution in [0.25, 0.3) is 0 Å². The maximum Gasteiger partial charge on any atom is 0.338 e. The van der Waals surface area contributed by atoms with Crippen LogP contribution in [0, 0.1) is 18.3 Å². The van der Waals surface area contributed by atoms with Crippen molar-refractivity contribution in [2.24, 2.45) is 16.8 Å². The number of hydrogen-bond acceptors (Lipinski definition) is 9. The zero-order valence-electron chi connectivity index (χ0n) is 23.4. The molecule has 0 saturated carbocycles. The van der Waals surface area contributed by atoms with E-state index < -0.39 is 35.4 Å². The van der Waals surface area contributed by atoms with Crippen LogP contribution in [0.1, 0.15) is 42.9 Å². The van der Waals surface area contributed by atoms with Gasteiger partial charge in [0.1, 0.15) is 12.4 Å². The first kappa shape index (κ1) is 29.8. The molecule has 5 N–H and O–H groups in total. The molecule has 2 aromatic rings. The molecule has 216 valence electrons. The SMILES string of the molecule is C#Cc1cccc(C2C(C(=O)Nc3ccc(C4=NNC(=O)C(=O)C4CC)cc3)=C(C)NC(N)=C2C(=O)OCCOC)c1. The highest BCUT2D eigenvalue weighted by atomic mass is 16.6. The van der Waals surface area contributed by atoms with Crippen LogP contribution in [-0.2, 0) is 28.7 Å². The molecule has 0 bridgehead atoms. The van der Waals surface area contributed by atoms with Gasteiger partial charge in [0, 0.05) is 29.6 Å². The predicted octanol–water partition coefficient (Wildman–Crippen LogP) is 2.06. The van der Waals surface area contributed by atoms with Crippen LogP contribution in [0.4, 0.5) is 5.69 Å². The largest absolute Gasteiger partial charge is 0.460 e. The van der Waals surface area contributed by atoms with Gasteiger partial charge in [-0.25, -0.2) is 10.2 Å². The van der Waals surface area contributed by atoms with E-state index in [1.807, 2.05) is 0 Å². The number of anilines is 1. The lowest BCUT2D eigenvalue weighted by Crippen LogP contribution is -2.42. The van der Waals surface area contributed by atoms with Crippen LogP contribution in [0.2, 0.25) is 0 Å². The molecule has 2 amide bonds. The van der Waals surface area contributed by atoms with Crippen molar-refractivity contribution >= 4 is 35.0 Å². The van der Waals surface area contributed by atoms with E-state index in [1.54, 1.807) is 62.4 Å². The summed E-state index contributed by atoms with van der Waals surface area (Å²) in [5.74, 6) is -1.36. The highest BCUT2D eigenvalue weighted by molar-refractivity contribution is 6.43. The van der Waals surface area contributed by atoms with E-state index in [9.17, 15) is 19.2 Å². The molecule has 2 heterocycles. The highest BCUT2D eigenvalue weighted by Crippen LogP contribution is 2.38. The normalized spacial score (nSPS) is 18.5. The van der Waals surface area contributed by atoms with Gasteiger partial charge in [-0.05, 0) is 48.7 Å². The van der Waals surface area contributed by atoms with Crippen molar-refractivity contribution in [1.82, 2.24) is 10.7 Å². The molecule has 0 saturated heterocycles. The van der Waals surface area contributed by atoms with Gasteiger partial charge in [0.2, 0.25) is 5.78 Å². The van der Waals surface area contributed by atoms with Crippen molar-refractivity contribution in [3.63, 3.8) is 0 Å². The molecule has 0 fully saturated rings. The number of hydrogen-bond donors (Lipinski definition) is 4. The number of nitrogens with two attached hydrogens (primary N) is 1. The molecule has 2 atom stereocenters. The molecule has 2 unspecified atom stereocenters. The summed E-state index contributed by atoms with van der Waals surface area (Å²) in [6.45, 7) is 3.68. The van der Waals surface area contributed by atoms with Crippen molar-refractivity contribution in [3.05, 3.63) is 87.9 Å². The van der Waals surface area contributed by atoms with E-state index >= 15 is 0 Å². The number of allylic oxidation sites excluding steroid dienone is 1. The first-order chi connectivity index (χ1) is 20.2. The monoisotopic (exact) mass is 569 g/mol. The van der Waals surface area contributed by atoms with Gasteiger partial charge in [-0.3, -0.25) is 14.4 Å². The minimum absolute atomic E-state index is 0.000733. The highest BCUT2D eigenvalue weighted by Gasteiger charge is 2.38. The average Bonchev–Trinajstić information content (AvgIpc) is 2.98. The maximum atomic E-state index is 13.8. The number of ether oxygens (including phenoxy) is 2. The van der Waals surface area contributed by atoms with E-state index in [0.717, 1.165) is 0 Å². The number of rotatable bonds is 9. The van der Waals surface area contributed by atoms with Gasteiger partial charge in [0.05, 0.1) is 29.7 Å². The van der Waals surface area contributed by atoms with Crippen LogP contribution >= 0.6 is 0 Å². The molecule has 2 aromatic carbocycles. The summed E-state index contributed by atoms with van der Waals surface area (Å²) in [5.41, 5.74) is 12.0. The van der Waals surface area contributed by atoms with Crippen molar-refractivity contribution < 1.29 is 28.7 Å². The third kappa shape index (κ3) is 6.09. The van der Waals surface area contributed by atoms with E-state index in [1.165, 1.54) is 7.11 Å². The Labute approximate surface area is 243 Å². The molecule has 42 heavy (non-hydrogen) atoms. The minimum Gasteiger partial charge on any atom is -0.460 e. The quantitative estimate of drug-likeness (QED) is 0.154. The zero-order chi connectivity index (χ0) is 30.4. The Kier molecular flexibility index (Phi) is 9.19. The maximum absolute atomic E-state index is 13.8. The third-order valence-electron chi connectivity index (χ3n) is 6.96. The number of benzene rings is 2. The van der Waals surface area contributed by atoms with Gasteiger partial charge < -0.3 is 25.8 Å². The van der Waals surface area contributed by atoms with Crippen LogP contribution in [0.15, 0.2) is 76.3 Å². The number of methoxy groups -OCH3 is 1. The summed E-state index contributed by atoms with van der Waals surface area (Å²) in [7, 11) is 1.49. The van der Waals surface area contributed by atoms with Crippen LogP contribution in [0.3, 0.4) is 0 Å².